The average Bonchev–Trinajstić information content (AvgIpc) is 2.95. The van der Waals surface area contributed by atoms with Gasteiger partial charge in [-0.3, -0.25) is 19.2 Å². The SMILES string of the molecule is Nc1cnn(CCN2C(=O)C3CCC(C3)C2=O)c1. The lowest BCUT2D eigenvalue weighted by Crippen LogP contribution is -2.47. The van der Waals surface area contributed by atoms with Gasteiger partial charge in [0, 0.05) is 24.6 Å². The van der Waals surface area contributed by atoms with Crippen molar-refractivity contribution in [3.05, 3.63) is 12.4 Å². The first kappa shape index (κ1) is 11.3. The summed E-state index contributed by atoms with van der Waals surface area (Å²) in [5.74, 6) is 0.119. The Balaban J connectivity index is 1.68. The molecular formula is C12H16N4O2. The van der Waals surface area contributed by atoms with Gasteiger partial charge in [0.1, 0.15) is 0 Å². The molecule has 0 spiro atoms. The molecule has 6 heteroatoms. The van der Waals surface area contributed by atoms with Gasteiger partial charge in [-0.1, -0.05) is 0 Å². The quantitative estimate of drug-likeness (QED) is 0.777. The number of amides is 2. The molecule has 0 radical (unpaired) electrons. The van der Waals surface area contributed by atoms with E-state index in [2.05, 4.69) is 5.10 Å². The number of carbonyl (C=O) groups is 2. The molecule has 1 saturated heterocycles. The summed E-state index contributed by atoms with van der Waals surface area (Å²) in [5.41, 5.74) is 6.15. The number of hydrogen-bond donors (Lipinski definition) is 1. The Hall–Kier alpha value is -1.85. The zero-order chi connectivity index (χ0) is 12.7. The van der Waals surface area contributed by atoms with Crippen molar-refractivity contribution in [3.63, 3.8) is 0 Å². The lowest BCUT2D eigenvalue weighted by molar-refractivity contribution is -0.152. The lowest BCUT2D eigenvalue weighted by Gasteiger charge is -2.29. The Morgan fingerprint density at radius 3 is 2.44 bits per heavy atom. The highest BCUT2D eigenvalue weighted by Gasteiger charge is 2.44. The van der Waals surface area contributed by atoms with Crippen LogP contribution in [0.4, 0.5) is 5.69 Å². The van der Waals surface area contributed by atoms with E-state index in [4.69, 9.17) is 5.73 Å². The number of nitrogens with two attached hydrogens (primary N) is 1. The maximum Gasteiger partial charge on any atom is 0.232 e. The number of piperidine rings is 1. The van der Waals surface area contributed by atoms with Crippen LogP contribution in [0.15, 0.2) is 12.4 Å². The third-order valence-electron chi connectivity index (χ3n) is 3.87. The maximum atomic E-state index is 12.1. The molecule has 1 saturated carbocycles. The van der Waals surface area contributed by atoms with Crippen LogP contribution < -0.4 is 5.73 Å². The minimum absolute atomic E-state index is 0.00567. The van der Waals surface area contributed by atoms with Crippen molar-refractivity contribution in [2.75, 3.05) is 12.3 Å². The number of nitrogen functional groups attached to an aromatic ring is 1. The van der Waals surface area contributed by atoms with Crippen LogP contribution in [0.3, 0.4) is 0 Å². The smallest absolute Gasteiger partial charge is 0.232 e. The highest BCUT2D eigenvalue weighted by atomic mass is 16.2. The number of imide groups is 1. The molecule has 2 fully saturated rings. The van der Waals surface area contributed by atoms with Crippen molar-refractivity contribution < 1.29 is 9.59 Å². The number of nitrogens with zero attached hydrogens (tertiary/aromatic N) is 3. The first-order chi connectivity index (χ1) is 8.65. The maximum absolute atomic E-state index is 12.1. The molecule has 2 N–H and O–H groups in total. The molecule has 18 heavy (non-hydrogen) atoms. The fourth-order valence-corrected chi connectivity index (χ4v) is 2.90. The Labute approximate surface area is 105 Å². The first-order valence-corrected chi connectivity index (χ1v) is 6.28. The fraction of sp³-hybridized carbons (Fsp3) is 0.583. The van der Waals surface area contributed by atoms with Crippen molar-refractivity contribution in [3.8, 4) is 0 Å². The van der Waals surface area contributed by atoms with Crippen LogP contribution in [0.2, 0.25) is 0 Å². The molecule has 2 amide bonds. The Morgan fingerprint density at radius 1 is 1.22 bits per heavy atom. The molecule has 2 heterocycles. The van der Waals surface area contributed by atoms with Gasteiger partial charge in [0.15, 0.2) is 0 Å². The Bertz CT molecular complexity index is 474. The van der Waals surface area contributed by atoms with Gasteiger partial charge in [0.2, 0.25) is 11.8 Å². The molecule has 1 aliphatic heterocycles. The van der Waals surface area contributed by atoms with Crippen LogP contribution in [-0.2, 0) is 16.1 Å². The predicted molar refractivity (Wildman–Crippen MR) is 64.2 cm³/mol. The number of hydrogen-bond acceptors (Lipinski definition) is 4. The van der Waals surface area contributed by atoms with E-state index >= 15 is 0 Å². The number of carbonyl (C=O) groups excluding carboxylic acids is 2. The van der Waals surface area contributed by atoms with Crippen molar-refractivity contribution in [1.29, 1.82) is 0 Å². The molecule has 6 nitrogen and oxygen atoms in total. The van der Waals surface area contributed by atoms with E-state index < -0.39 is 0 Å². The molecular weight excluding hydrogens is 232 g/mol. The monoisotopic (exact) mass is 248 g/mol. The molecule has 2 aliphatic rings. The molecule has 2 unspecified atom stereocenters. The zero-order valence-corrected chi connectivity index (χ0v) is 10.1. The van der Waals surface area contributed by atoms with Gasteiger partial charge in [-0.25, -0.2) is 0 Å². The second kappa shape index (κ2) is 4.12. The van der Waals surface area contributed by atoms with E-state index in [9.17, 15) is 9.59 Å². The van der Waals surface area contributed by atoms with Gasteiger partial charge in [0.05, 0.1) is 18.4 Å². The van der Waals surface area contributed by atoms with Crippen molar-refractivity contribution >= 4 is 17.5 Å². The van der Waals surface area contributed by atoms with Crippen LogP contribution in [0.1, 0.15) is 19.3 Å². The van der Waals surface area contributed by atoms with E-state index in [1.54, 1.807) is 17.1 Å². The van der Waals surface area contributed by atoms with Crippen molar-refractivity contribution in [1.82, 2.24) is 14.7 Å². The summed E-state index contributed by atoms with van der Waals surface area (Å²) in [7, 11) is 0. The molecule has 96 valence electrons. The fourth-order valence-electron chi connectivity index (χ4n) is 2.90. The highest BCUT2D eigenvalue weighted by molar-refractivity contribution is 6.00. The van der Waals surface area contributed by atoms with E-state index in [0.29, 0.717) is 18.8 Å². The Kier molecular flexibility index (Phi) is 2.57. The summed E-state index contributed by atoms with van der Waals surface area (Å²) in [6, 6.07) is 0. The summed E-state index contributed by atoms with van der Waals surface area (Å²) in [6.45, 7) is 0.903. The van der Waals surface area contributed by atoms with Crippen LogP contribution >= 0.6 is 0 Å². The number of aromatic nitrogens is 2. The Morgan fingerprint density at radius 2 is 1.89 bits per heavy atom. The van der Waals surface area contributed by atoms with Crippen molar-refractivity contribution in [2.45, 2.75) is 25.8 Å². The van der Waals surface area contributed by atoms with Crippen molar-refractivity contribution in [2.24, 2.45) is 11.8 Å². The van der Waals surface area contributed by atoms with Crippen LogP contribution in [-0.4, -0.2) is 33.0 Å². The largest absolute Gasteiger partial charge is 0.396 e. The van der Waals surface area contributed by atoms with Gasteiger partial charge in [-0.2, -0.15) is 5.10 Å². The molecule has 1 aromatic rings. The van der Waals surface area contributed by atoms with E-state index in [-0.39, 0.29) is 23.7 Å². The molecule has 0 aromatic carbocycles. The average molecular weight is 248 g/mol. The minimum atomic E-state index is -0.00567. The summed E-state index contributed by atoms with van der Waals surface area (Å²) >= 11 is 0. The van der Waals surface area contributed by atoms with Gasteiger partial charge >= 0.3 is 0 Å². The summed E-state index contributed by atoms with van der Waals surface area (Å²) in [4.78, 5) is 25.5. The molecule has 2 bridgehead atoms. The summed E-state index contributed by atoms with van der Waals surface area (Å²) in [6.07, 6.45) is 5.74. The standard InChI is InChI=1S/C12H16N4O2/c13-10-6-14-15(7-10)3-4-16-11(17)8-1-2-9(5-8)12(16)18/h6-9H,1-5,13H2. The van der Waals surface area contributed by atoms with Gasteiger partial charge in [0.25, 0.3) is 0 Å². The summed E-state index contributed by atoms with van der Waals surface area (Å²) in [5, 5.41) is 4.05. The van der Waals surface area contributed by atoms with Crippen LogP contribution in [0, 0.1) is 11.8 Å². The predicted octanol–water partition coefficient (Wildman–Crippen LogP) is 0.250. The molecule has 1 aromatic heterocycles. The minimum Gasteiger partial charge on any atom is -0.396 e. The third kappa shape index (κ3) is 1.77. The molecule has 2 atom stereocenters. The van der Waals surface area contributed by atoms with Crippen LogP contribution in [0.5, 0.6) is 0 Å². The lowest BCUT2D eigenvalue weighted by atomic mass is 9.97. The van der Waals surface area contributed by atoms with Gasteiger partial charge in [-0.05, 0) is 19.3 Å². The highest BCUT2D eigenvalue weighted by Crippen LogP contribution is 2.37. The summed E-state index contributed by atoms with van der Waals surface area (Å²) < 4.78 is 1.66. The second-order valence-electron chi connectivity index (χ2n) is 5.07. The van der Waals surface area contributed by atoms with E-state index in [0.717, 1.165) is 19.3 Å². The van der Waals surface area contributed by atoms with Gasteiger partial charge in [-0.15, -0.1) is 0 Å². The number of rotatable bonds is 3. The third-order valence-corrected chi connectivity index (χ3v) is 3.87. The molecule has 3 rings (SSSR count). The van der Waals surface area contributed by atoms with E-state index in [1.807, 2.05) is 0 Å². The topological polar surface area (TPSA) is 81.2 Å². The second-order valence-corrected chi connectivity index (χ2v) is 5.07. The number of likely N-dealkylation sites (tertiary alicyclic amines) is 1. The zero-order valence-electron chi connectivity index (χ0n) is 10.1. The van der Waals surface area contributed by atoms with Gasteiger partial charge < -0.3 is 5.73 Å². The molecule has 1 aliphatic carbocycles. The number of anilines is 1. The van der Waals surface area contributed by atoms with E-state index in [1.165, 1.54) is 4.90 Å². The first-order valence-electron chi connectivity index (χ1n) is 6.28. The number of fused-ring (bicyclic) bond motifs is 2. The normalized spacial score (nSPS) is 27.0. The van der Waals surface area contributed by atoms with Crippen LogP contribution in [0.25, 0.3) is 0 Å².